The predicted octanol–water partition coefficient (Wildman–Crippen LogP) is 18.0. The van der Waals surface area contributed by atoms with E-state index < -0.39 is 0 Å². The predicted molar refractivity (Wildman–Crippen MR) is 287 cm³/mol. The van der Waals surface area contributed by atoms with Gasteiger partial charge in [-0.25, -0.2) is 0 Å². The van der Waals surface area contributed by atoms with Crippen LogP contribution in [-0.4, -0.2) is 4.40 Å². The first kappa shape index (κ1) is 38.5. The molecule has 12 aromatic rings. The van der Waals surface area contributed by atoms with Crippen LogP contribution in [0.3, 0.4) is 0 Å². The molecule has 14 rings (SSSR count). The second-order valence-corrected chi connectivity index (χ2v) is 20.4. The molecule has 1 atom stereocenters. The zero-order chi connectivity index (χ0) is 44.5. The normalized spacial score (nSPS) is 15.5. The number of anilines is 2. The van der Waals surface area contributed by atoms with Gasteiger partial charge in [0, 0.05) is 69.8 Å². The third kappa shape index (κ3) is 5.62. The average molecular weight is 875 g/mol. The minimum atomic E-state index is -0.0316. The van der Waals surface area contributed by atoms with Crippen molar-refractivity contribution in [3.63, 3.8) is 0 Å². The third-order valence-corrected chi connectivity index (χ3v) is 16.3. The van der Waals surface area contributed by atoms with Gasteiger partial charge in [-0.15, -0.1) is 11.3 Å². The van der Waals surface area contributed by atoms with Gasteiger partial charge in [0.25, 0.3) is 0 Å². The number of hydrogen-bond donors (Lipinski definition) is 0. The van der Waals surface area contributed by atoms with E-state index in [2.05, 4.69) is 236 Å². The molecule has 2 aliphatic carbocycles. The molecular formula is C64H46N2S. The maximum atomic E-state index is 2.51. The maximum Gasteiger partial charge on any atom is 0.0620 e. The van der Waals surface area contributed by atoms with E-state index in [0.717, 1.165) is 6.42 Å². The minimum Gasteiger partial charge on any atom is -0.314 e. The topological polar surface area (TPSA) is 7.65 Å². The zero-order valence-corrected chi connectivity index (χ0v) is 38.5. The van der Waals surface area contributed by atoms with Gasteiger partial charge in [0.1, 0.15) is 0 Å². The smallest absolute Gasteiger partial charge is 0.0620 e. The lowest BCUT2D eigenvalue weighted by Crippen LogP contribution is -2.21. The number of allylic oxidation sites excluding steroid dienone is 4. The van der Waals surface area contributed by atoms with Crippen LogP contribution in [0.15, 0.2) is 212 Å². The molecule has 0 saturated carbocycles. The highest BCUT2D eigenvalue weighted by Crippen LogP contribution is 2.53. The molecule has 0 saturated heterocycles. The summed E-state index contributed by atoms with van der Waals surface area (Å²) in [4.78, 5) is 2.51. The van der Waals surface area contributed by atoms with Crippen molar-refractivity contribution in [1.82, 2.24) is 4.40 Å². The summed E-state index contributed by atoms with van der Waals surface area (Å²) < 4.78 is 5.11. The lowest BCUT2D eigenvalue weighted by atomic mass is 9.80. The SMILES string of the molecule is CC1CC(N(c2ccc(-c3ccccc3)cc2)c2ccc3c(c2)sc2cc(-c4cccc5c6cccc7c8ccccc8n(c45)c76)ccc23)=CC=C1c1cccc2c1-c1ccccc1C2(C)C. The number of rotatable bonds is 6. The Balaban J connectivity index is 0.895. The molecule has 1 unspecified atom stereocenters. The van der Waals surface area contributed by atoms with Crippen molar-refractivity contribution in [1.29, 1.82) is 0 Å². The van der Waals surface area contributed by atoms with E-state index in [4.69, 9.17) is 0 Å². The standard InChI is InChI=1S/C64H46N2S/c1-39-36-44(31-34-46(39)51-19-13-24-57-61(51)55-17-7-9-23-56(55)64(57,2)3)65(43-29-26-41(27-30-43)40-14-5-4-6-15-40)45-32-35-50-49-33-28-42(37-59(49)67-60(50)38-45)47-18-11-21-53-54-22-12-20-52-48-16-8-10-25-58(48)66(62(47)53)63(52)54/h4-35,37-39H,36H2,1-3H3. The van der Waals surface area contributed by atoms with Gasteiger partial charge >= 0.3 is 0 Å². The Morgan fingerprint density at radius 3 is 1.91 bits per heavy atom. The summed E-state index contributed by atoms with van der Waals surface area (Å²) in [6.45, 7) is 7.16. The Morgan fingerprint density at radius 2 is 1.07 bits per heavy atom. The van der Waals surface area contributed by atoms with Crippen LogP contribution in [0.2, 0.25) is 0 Å². The fraction of sp³-hybridized carbons (Fsp3) is 0.0938. The van der Waals surface area contributed by atoms with E-state index in [1.165, 1.54) is 131 Å². The van der Waals surface area contributed by atoms with E-state index in [9.17, 15) is 0 Å². The molecule has 318 valence electrons. The van der Waals surface area contributed by atoms with Gasteiger partial charge in [0.15, 0.2) is 0 Å². The zero-order valence-electron chi connectivity index (χ0n) is 37.7. The Hall–Kier alpha value is -7.72. The first-order valence-electron chi connectivity index (χ1n) is 23.6. The molecule has 2 nitrogen and oxygen atoms in total. The number of fused-ring (bicyclic) bond motifs is 12. The van der Waals surface area contributed by atoms with Crippen molar-refractivity contribution in [2.75, 3.05) is 4.90 Å². The highest BCUT2D eigenvalue weighted by Gasteiger charge is 2.37. The number of nitrogens with zero attached hydrogens (tertiary/aromatic N) is 2. The summed E-state index contributed by atoms with van der Waals surface area (Å²) >= 11 is 1.90. The molecule has 0 aliphatic heterocycles. The van der Waals surface area contributed by atoms with E-state index in [1.807, 2.05) is 11.3 Å². The Kier molecular flexibility index (Phi) is 8.28. The summed E-state index contributed by atoms with van der Waals surface area (Å²) in [5.41, 5.74) is 20.8. The van der Waals surface area contributed by atoms with Crippen molar-refractivity contribution in [3.8, 4) is 33.4 Å². The molecular weight excluding hydrogens is 829 g/mol. The van der Waals surface area contributed by atoms with Gasteiger partial charge in [-0.3, -0.25) is 0 Å². The number of hydrogen-bond acceptors (Lipinski definition) is 2. The Labute approximate surface area is 394 Å². The van der Waals surface area contributed by atoms with E-state index >= 15 is 0 Å². The van der Waals surface area contributed by atoms with Gasteiger partial charge in [-0.05, 0) is 105 Å². The average Bonchev–Trinajstić information content (AvgIpc) is 4.09. The van der Waals surface area contributed by atoms with Crippen molar-refractivity contribution in [2.45, 2.75) is 32.6 Å². The van der Waals surface area contributed by atoms with Crippen LogP contribution < -0.4 is 4.90 Å². The van der Waals surface area contributed by atoms with Crippen LogP contribution in [0.4, 0.5) is 11.4 Å². The van der Waals surface area contributed by atoms with Crippen LogP contribution >= 0.6 is 11.3 Å². The quantitative estimate of drug-likeness (QED) is 0.162. The van der Waals surface area contributed by atoms with Crippen LogP contribution in [-0.2, 0) is 5.41 Å². The number of para-hydroxylation sites is 3. The Bertz CT molecular complexity index is 4050. The van der Waals surface area contributed by atoms with Crippen molar-refractivity contribution in [3.05, 3.63) is 229 Å². The molecule has 0 spiro atoms. The summed E-state index contributed by atoms with van der Waals surface area (Å²) in [7, 11) is 0. The summed E-state index contributed by atoms with van der Waals surface area (Å²) in [6, 6.07) is 72.5. The van der Waals surface area contributed by atoms with Crippen LogP contribution in [0.1, 0.15) is 43.9 Å². The van der Waals surface area contributed by atoms with Gasteiger partial charge < -0.3 is 9.30 Å². The second-order valence-electron chi connectivity index (χ2n) is 19.3. The summed E-state index contributed by atoms with van der Waals surface area (Å²) in [5.74, 6) is 0.313. The van der Waals surface area contributed by atoms with E-state index in [0.29, 0.717) is 5.92 Å². The summed E-state index contributed by atoms with van der Waals surface area (Å²) in [5, 5.41) is 7.84. The van der Waals surface area contributed by atoms with Crippen LogP contribution in [0, 0.1) is 5.92 Å². The molecule has 0 N–H and O–H groups in total. The second kappa shape index (κ2) is 14.4. The number of benzene rings is 9. The number of aromatic nitrogens is 1. The molecule has 0 fully saturated rings. The van der Waals surface area contributed by atoms with Crippen molar-refractivity contribution >= 4 is 86.6 Å². The van der Waals surface area contributed by atoms with Gasteiger partial charge in [0.05, 0.1) is 16.6 Å². The van der Waals surface area contributed by atoms with Gasteiger partial charge in [-0.2, -0.15) is 0 Å². The fourth-order valence-electron chi connectivity index (χ4n) is 12.0. The summed E-state index contributed by atoms with van der Waals surface area (Å²) in [6.07, 6.45) is 5.73. The molecule has 3 heterocycles. The highest BCUT2D eigenvalue weighted by atomic mass is 32.1. The minimum absolute atomic E-state index is 0.0316. The molecule has 0 radical (unpaired) electrons. The fourth-order valence-corrected chi connectivity index (χ4v) is 13.2. The van der Waals surface area contributed by atoms with E-state index in [-0.39, 0.29) is 5.41 Å². The lowest BCUT2D eigenvalue weighted by Gasteiger charge is -2.33. The van der Waals surface area contributed by atoms with Gasteiger partial charge in [-0.1, -0.05) is 185 Å². The molecule has 67 heavy (non-hydrogen) atoms. The van der Waals surface area contributed by atoms with Gasteiger partial charge in [0.2, 0.25) is 0 Å². The molecule has 3 heteroatoms. The third-order valence-electron chi connectivity index (χ3n) is 15.2. The largest absolute Gasteiger partial charge is 0.314 e. The van der Waals surface area contributed by atoms with Crippen LogP contribution in [0.5, 0.6) is 0 Å². The first-order valence-corrected chi connectivity index (χ1v) is 24.4. The maximum absolute atomic E-state index is 2.51. The molecule has 3 aromatic heterocycles. The molecule has 0 bridgehead atoms. The van der Waals surface area contributed by atoms with E-state index in [1.54, 1.807) is 0 Å². The van der Waals surface area contributed by atoms with Crippen LogP contribution in [0.25, 0.3) is 97.2 Å². The van der Waals surface area contributed by atoms with Crippen molar-refractivity contribution < 1.29 is 0 Å². The number of thiophene rings is 1. The lowest BCUT2D eigenvalue weighted by molar-refractivity contribution is 0.660. The Morgan fingerprint density at radius 1 is 0.478 bits per heavy atom. The molecule has 9 aromatic carbocycles. The molecule has 2 aliphatic rings. The first-order chi connectivity index (χ1) is 32.9. The highest BCUT2D eigenvalue weighted by molar-refractivity contribution is 7.25. The molecule has 0 amide bonds. The van der Waals surface area contributed by atoms with Crippen molar-refractivity contribution in [2.24, 2.45) is 5.92 Å². The monoisotopic (exact) mass is 874 g/mol.